The molecule has 1 saturated heterocycles. The van der Waals surface area contributed by atoms with Gasteiger partial charge in [0.05, 0.1) is 31.6 Å². The zero-order valence-electron chi connectivity index (χ0n) is 14.7. The lowest BCUT2D eigenvalue weighted by molar-refractivity contribution is -0.170. The molecule has 1 aliphatic rings. The van der Waals surface area contributed by atoms with Gasteiger partial charge >= 0.3 is 11.9 Å². The number of hydrogen-bond donors (Lipinski definition) is 0. The number of aromatic nitrogens is 2. The summed E-state index contributed by atoms with van der Waals surface area (Å²) in [5.74, 6) is -0.953. The minimum absolute atomic E-state index is 0.00598. The third kappa shape index (κ3) is 4.49. The summed E-state index contributed by atoms with van der Waals surface area (Å²) in [4.78, 5) is 28.1. The van der Waals surface area contributed by atoms with Crippen molar-refractivity contribution < 1.29 is 23.8 Å². The summed E-state index contributed by atoms with van der Waals surface area (Å²) >= 11 is 0. The fourth-order valence-electron chi connectivity index (χ4n) is 2.81. The lowest BCUT2D eigenvalue weighted by Crippen LogP contribution is -2.20. The van der Waals surface area contributed by atoms with Crippen molar-refractivity contribution in [2.24, 2.45) is 0 Å². The van der Waals surface area contributed by atoms with Crippen LogP contribution in [0, 0.1) is 0 Å². The number of hydrogen-bond acceptors (Lipinski definition) is 6. The second-order valence-electron chi connectivity index (χ2n) is 6.09. The molecule has 2 atom stereocenters. The van der Waals surface area contributed by atoms with Crippen LogP contribution in [0.1, 0.15) is 48.3 Å². The van der Waals surface area contributed by atoms with Crippen LogP contribution in [0.2, 0.25) is 0 Å². The predicted octanol–water partition coefficient (Wildman–Crippen LogP) is 2.72. The van der Waals surface area contributed by atoms with Crippen LogP contribution in [0.5, 0.6) is 0 Å². The standard InChI is InChI=1S/C19H22N2O5/c1-14(15-6-3-2-4-7-15)21-13-20-12-16(21)19(23)25-11-9-17(22)26-18-8-5-10-24-18/h2-4,6-7,12-14,18H,5,8-11H2,1H3/t14-,18?/m1/s1. The zero-order valence-corrected chi connectivity index (χ0v) is 14.7. The van der Waals surface area contributed by atoms with E-state index >= 15 is 0 Å². The Morgan fingerprint density at radius 1 is 1.35 bits per heavy atom. The molecule has 0 saturated carbocycles. The fraction of sp³-hybridized carbons (Fsp3) is 0.421. The predicted molar refractivity (Wildman–Crippen MR) is 92.4 cm³/mol. The molecule has 7 nitrogen and oxygen atoms in total. The lowest BCUT2D eigenvalue weighted by Gasteiger charge is -2.16. The van der Waals surface area contributed by atoms with Crippen molar-refractivity contribution in [2.45, 2.75) is 38.5 Å². The first-order chi connectivity index (χ1) is 12.6. The molecule has 3 rings (SSSR count). The number of carbonyl (C=O) groups excluding carboxylic acids is 2. The highest BCUT2D eigenvalue weighted by Crippen LogP contribution is 2.20. The van der Waals surface area contributed by atoms with E-state index in [1.807, 2.05) is 37.3 Å². The van der Waals surface area contributed by atoms with Gasteiger partial charge in [-0.1, -0.05) is 30.3 Å². The highest BCUT2D eigenvalue weighted by Gasteiger charge is 2.21. The van der Waals surface area contributed by atoms with Crippen molar-refractivity contribution >= 4 is 11.9 Å². The number of carbonyl (C=O) groups is 2. The minimum Gasteiger partial charge on any atom is -0.460 e. The summed E-state index contributed by atoms with van der Waals surface area (Å²) in [6.07, 6.45) is 4.19. The quantitative estimate of drug-likeness (QED) is 0.708. The van der Waals surface area contributed by atoms with Crippen LogP contribution < -0.4 is 0 Å². The van der Waals surface area contributed by atoms with E-state index in [1.165, 1.54) is 6.20 Å². The first-order valence-electron chi connectivity index (χ1n) is 8.70. The molecule has 2 heterocycles. The Morgan fingerprint density at radius 2 is 2.15 bits per heavy atom. The van der Waals surface area contributed by atoms with Gasteiger partial charge in [0.15, 0.2) is 0 Å². The van der Waals surface area contributed by atoms with Crippen LogP contribution in [0.4, 0.5) is 0 Å². The van der Waals surface area contributed by atoms with Crippen molar-refractivity contribution in [3.8, 4) is 0 Å². The van der Waals surface area contributed by atoms with Gasteiger partial charge in [-0.05, 0) is 18.9 Å². The van der Waals surface area contributed by atoms with E-state index in [0.29, 0.717) is 18.7 Å². The van der Waals surface area contributed by atoms with E-state index < -0.39 is 18.2 Å². The third-order valence-electron chi connectivity index (χ3n) is 4.26. The van der Waals surface area contributed by atoms with Gasteiger partial charge in [0.25, 0.3) is 0 Å². The Labute approximate surface area is 151 Å². The van der Waals surface area contributed by atoms with E-state index in [1.54, 1.807) is 10.9 Å². The summed E-state index contributed by atoms with van der Waals surface area (Å²) in [5.41, 5.74) is 1.40. The molecule has 1 fully saturated rings. The van der Waals surface area contributed by atoms with Crippen molar-refractivity contribution in [1.29, 1.82) is 0 Å². The average Bonchev–Trinajstić information content (AvgIpc) is 3.33. The number of rotatable bonds is 7. The Morgan fingerprint density at radius 3 is 2.88 bits per heavy atom. The number of imidazole rings is 1. The van der Waals surface area contributed by atoms with Crippen LogP contribution in [0.3, 0.4) is 0 Å². The number of benzene rings is 1. The molecular formula is C19H22N2O5. The molecule has 0 aliphatic carbocycles. The van der Waals surface area contributed by atoms with Gasteiger partial charge in [-0.3, -0.25) is 4.79 Å². The highest BCUT2D eigenvalue weighted by atomic mass is 16.7. The topological polar surface area (TPSA) is 79.7 Å². The molecule has 0 bridgehead atoms. The molecule has 7 heteroatoms. The average molecular weight is 358 g/mol. The molecule has 138 valence electrons. The molecule has 1 aromatic heterocycles. The van der Waals surface area contributed by atoms with E-state index in [0.717, 1.165) is 12.0 Å². The van der Waals surface area contributed by atoms with Gasteiger partial charge in [0.1, 0.15) is 12.3 Å². The number of esters is 2. The van der Waals surface area contributed by atoms with Crippen LogP contribution in [-0.2, 0) is 19.0 Å². The molecule has 0 amide bonds. The molecular weight excluding hydrogens is 336 g/mol. The summed E-state index contributed by atoms with van der Waals surface area (Å²) in [7, 11) is 0. The summed E-state index contributed by atoms with van der Waals surface area (Å²) in [6, 6.07) is 9.74. The van der Waals surface area contributed by atoms with E-state index in [2.05, 4.69) is 4.98 Å². The van der Waals surface area contributed by atoms with Gasteiger partial charge in [-0.15, -0.1) is 0 Å². The Kier molecular flexibility index (Phi) is 6.01. The van der Waals surface area contributed by atoms with Crippen LogP contribution in [0.15, 0.2) is 42.9 Å². The van der Waals surface area contributed by atoms with E-state index in [9.17, 15) is 9.59 Å². The highest BCUT2D eigenvalue weighted by molar-refractivity contribution is 5.87. The monoisotopic (exact) mass is 358 g/mol. The molecule has 1 aromatic carbocycles. The van der Waals surface area contributed by atoms with Gasteiger partial charge in [0, 0.05) is 6.42 Å². The Bertz CT molecular complexity index is 737. The van der Waals surface area contributed by atoms with Crippen LogP contribution in [0.25, 0.3) is 0 Å². The first-order valence-corrected chi connectivity index (χ1v) is 8.70. The van der Waals surface area contributed by atoms with Crippen LogP contribution in [-0.4, -0.2) is 41.0 Å². The second-order valence-corrected chi connectivity index (χ2v) is 6.09. The second kappa shape index (κ2) is 8.62. The Balaban J connectivity index is 1.52. The normalized spacial score (nSPS) is 17.7. The van der Waals surface area contributed by atoms with Crippen molar-refractivity contribution in [2.75, 3.05) is 13.2 Å². The molecule has 0 N–H and O–H groups in total. The summed E-state index contributed by atoms with van der Waals surface area (Å²) in [5, 5.41) is 0. The molecule has 2 aromatic rings. The molecule has 1 unspecified atom stereocenters. The Hall–Kier alpha value is -2.67. The van der Waals surface area contributed by atoms with Gasteiger partial charge in [-0.25, -0.2) is 9.78 Å². The number of nitrogens with zero attached hydrogens (tertiary/aromatic N) is 2. The van der Waals surface area contributed by atoms with Gasteiger partial charge < -0.3 is 18.8 Å². The maximum Gasteiger partial charge on any atom is 0.356 e. The maximum absolute atomic E-state index is 12.3. The number of ether oxygens (including phenoxy) is 3. The first kappa shape index (κ1) is 18.1. The summed E-state index contributed by atoms with van der Waals surface area (Å²) < 4.78 is 17.3. The van der Waals surface area contributed by atoms with Crippen LogP contribution >= 0.6 is 0 Å². The largest absolute Gasteiger partial charge is 0.460 e. The molecule has 1 aliphatic heterocycles. The van der Waals surface area contributed by atoms with Crippen molar-refractivity contribution in [1.82, 2.24) is 9.55 Å². The smallest absolute Gasteiger partial charge is 0.356 e. The molecule has 0 radical (unpaired) electrons. The maximum atomic E-state index is 12.3. The van der Waals surface area contributed by atoms with E-state index in [-0.39, 0.29) is 19.1 Å². The van der Waals surface area contributed by atoms with Gasteiger partial charge in [0.2, 0.25) is 6.29 Å². The molecule has 26 heavy (non-hydrogen) atoms. The molecule has 0 spiro atoms. The van der Waals surface area contributed by atoms with Crippen molar-refractivity contribution in [3.05, 3.63) is 54.1 Å². The van der Waals surface area contributed by atoms with E-state index in [4.69, 9.17) is 14.2 Å². The van der Waals surface area contributed by atoms with Crippen molar-refractivity contribution in [3.63, 3.8) is 0 Å². The minimum atomic E-state index is -0.518. The summed E-state index contributed by atoms with van der Waals surface area (Å²) in [6.45, 7) is 2.54. The van der Waals surface area contributed by atoms with Gasteiger partial charge in [-0.2, -0.15) is 0 Å². The zero-order chi connectivity index (χ0) is 18.4. The SMILES string of the molecule is C[C@H](c1ccccc1)n1cncc1C(=O)OCCC(=O)OC1CCCO1. The fourth-order valence-corrected chi connectivity index (χ4v) is 2.81. The third-order valence-corrected chi connectivity index (χ3v) is 4.26. The lowest BCUT2D eigenvalue weighted by atomic mass is 10.1.